The van der Waals surface area contributed by atoms with E-state index in [4.69, 9.17) is 0 Å². The van der Waals surface area contributed by atoms with Crippen LogP contribution in [0.25, 0.3) is 0 Å². The molecule has 1 aromatic carbocycles. The monoisotopic (exact) mass is 303 g/mol. The lowest BCUT2D eigenvalue weighted by molar-refractivity contribution is -0.151. The minimum Gasteiger partial charge on any atom is -0.481 e. The number of aliphatic carboxylic acids is 1. The van der Waals surface area contributed by atoms with Gasteiger partial charge in [0.15, 0.2) is 0 Å². The number of amides is 1. The third-order valence-corrected chi connectivity index (χ3v) is 4.53. The largest absolute Gasteiger partial charge is 0.481 e. The van der Waals surface area contributed by atoms with Crippen molar-refractivity contribution in [2.24, 2.45) is 11.8 Å². The summed E-state index contributed by atoms with van der Waals surface area (Å²) in [7, 11) is 1.69. The van der Waals surface area contributed by atoms with Gasteiger partial charge in [-0.25, -0.2) is 0 Å². The molecule has 0 spiro atoms. The van der Waals surface area contributed by atoms with Crippen molar-refractivity contribution < 1.29 is 14.7 Å². The SMILES string of the molecule is CN(Cc1ccccc1)C(=O)C(CC1CCCCC1)C(=O)O. The van der Waals surface area contributed by atoms with E-state index in [1.807, 2.05) is 30.3 Å². The van der Waals surface area contributed by atoms with E-state index in [9.17, 15) is 14.7 Å². The van der Waals surface area contributed by atoms with Gasteiger partial charge in [0.05, 0.1) is 0 Å². The molecule has 1 aliphatic rings. The van der Waals surface area contributed by atoms with Gasteiger partial charge in [-0.2, -0.15) is 0 Å². The topological polar surface area (TPSA) is 57.6 Å². The molecule has 1 aromatic rings. The first kappa shape index (κ1) is 16.5. The van der Waals surface area contributed by atoms with Crippen LogP contribution in [0.15, 0.2) is 30.3 Å². The minimum atomic E-state index is -0.990. The summed E-state index contributed by atoms with van der Waals surface area (Å²) in [6.45, 7) is 0.452. The Labute approximate surface area is 132 Å². The maximum Gasteiger partial charge on any atom is 0.316 e. The predicted octanol–water partition coefficient (Wildman–Crippen LogP) is 3.32. The average Bonchev–Trinajstić information content (AvgIpc) is 2.53. The zero-order valence-corrected chi connectivity index (χ0v) is 13.2. The van der Waals surface area contributed by atoms with Crippen molar-refractivity contribution in [2.75, 3.05) is 7.05 Å². The van der Waals surface area contributed by atoms with E-state index in [2.05, 4.69) is 0 Å². The number of rotatable bonds is 6. The van der Waals surface area contributed by atoms with E-state index >= 15 is 0 Å². The van der Waals surface area contributed by atoms with Crippen molar-refractivity contribution in [2.45, 2.75) is 45.1 Å². The number of carboxylic acid groups (broad SMARTS) is 1. The van der Waals surface area contributed by atoms with E-state index in [-0.39, 0.29) is 5.91 Å². The van der Waals surface area contributed by atoms with Gasteiger partial charge in [-0.3, -0.25) is 9.59 Å². The molecule has 4 nitrogen and oxygen atoms in total. The Bertz CT molecular complexity index is 494. The van der Waals surface area contributed by atoms with Gasteiger partial charge < -0.3 is 10.0 Å². The summed E-state index contributed by atoms with van der Waals surface area (Å²) in [5, 5.41) is 9.44. The highest BCUT2D eigenvalue weighted by atomic mass is 16.4. The van der Waals surface area contributed by atoms with Crippen molar-refractivity contribution in [3.8, 4) is 0 Å². The van der Waals surface area contributed by atoms with Gasteiger partial charge in [0.2, 0.25) is 5.91 Å². The quantitative estimate of drug-likeness (QED) is 0.820. The smallest absolute Gasteiger partial charge is 0.316 e. The molecule has 1 atom stereocenters. The lowest BCUT2D eigenvalue weighted by atomic mass is 9.82. The zero-order valence-electron chi connectivity index (χ0n) is 13.2. The van der Waals surface area contributed by atoms with Gasteiger partial charge in [0.1, 0.15) is 5.92 Å². The maximum absolute atomic E-state index is 12.5. The molecule has 0 saturated heterocycles. The Morgan fingerprint density at radius 1 is 1.18 bits per heavy atom. The van der Waals surface area contributed by atoms with Crippen LogP contribution in [-0.2, 0) is 16.1 Å². The third kappa shape index (κ3) is 4.58. The lowest BCUT2D eigenvalue weighted by Crippen LogP contribution is -2.37. The van der Waals surface area contributed by atoms with Crippen LogP contribution in [0, 0.1) is 11.8 Å². The maximum atomic E-state index is 12.5. The van der Waals surface area contributed by atoms with Gasteiger partial charge in [0.25, 0.3) is 0 Å². The van der Waals surface area contributed by atoms with Crippen LogP contribution < -0.4 is 0 Å². The normalized spacial score (nSPS) is 17.0. The molecule has 1 saturated carbocycles. The Balaban J connectivity index is 1.97. The summed E-state index contributed by atoms with van der Waals surface area (Å²) in [6, 6.07) is 9.66. The van der Waals surface area contributed by atoms with Gasteiger partial charge >= 0.3 is 5.97 Å². The molecule has 1 fully saturated rings. The summed E-state index contributed by atoms with van der Waals surface area (Å²) < 4.78 is 0. The van der Waals surface area contributed by atoms with E-state index < -0.39 is 11.9 Å². The fourth-order valence-corrected chi connectivity index (χ4v) is 3.26. The van der Waals surface area contributed by atoms with E-state index in [1.165, 1.54) is 11.3 Å². The summed E-state index contributed by atoms with van der Waals surface area (Å²) in [6.07, 6.45) is 6.14. The molecule has 1 aliphatic carbocycles. The van der Waals surface area contributed by atoms with Crippen molar-refractivity contribution in [1.82, 2.24) is 4.90 Å². The fourth-order valence-electron chi connectivity index (χ4n) is 3.26. The first-order valence-corrected chi connectivity index (χ1v) is 8.09. The highest BCUT2D eigenvalue weighted by Gasteiger charge is 2.32. The summed E-state index contributed by atoms with van der Waals surface area (Å²) in [5.74, 6) is -1.79. The number of carbonyl (C=O) groups is 2. The molecular formula is C18H25NO3. The predicted molar refractivity (Wildman–Crippen MR) is 85.2 cm³/mol. The molecule has 22 heavy (non-hydrogen) atoms. The van der Waals surface area contributed by atoms with E-state index in [0.717, 1.165) is 31.2 Å². The van der Waals surface area contributed by atoms with Crippen LogP contribution in [0.3, 0.4) is 0 Å². The molecular weight excluding hydrogens is 278 g/mol. The van der Waals surface area contributed by atoms with Crippen LogP contribution in [0.4, 0.5) is 0 Å². The molecule has 1 amide bonds. The van der Waals surface area contributed by atoms with Gasteiger partial charge in [-0.15, -0.1) is 0 Å². The molecule has 1 N–H and O–H groups in total. The molecule has 2 rings (SSSR count). The van der Waals surface area contributed by atoms with Crippen LogP contribution in [0.5, 0.6) is 0 Å². The second-order valence-electron chi connectivity index (χ2n) is 6.31. The molecule has 0 bridgehead atoms. The number of carbonyl (C=O) groups excluding carboxylic acids is 1. The first-order valence-electron chi connectivity index (χ1n) is 8.09. The lowest BCUT2D eigenvalue weighted by Gasteiger charge is -2.27. The average molecular weight is 303 g/mol. The van der Waals surface area contributed by atoms with Crippen LogP contribution in [-0.4, -0.2) is 28.9 Å². The molecule has 0 radical (unpaired) electrons. The van der Waals surface area contributed by atoms with Crippen molar-refractivity contribution in [1.29, 1.82) is 0 Å². The Morgan fingerprint density at radius 3 is 2.41 bits per heavy atom. The molecule has 0 aliphatic heterocycles. The Hall–Kier alpha value is -1.84. The first-order chi connectivity index (χ1) is 10.6. The van der Waals surface area contributed by atoms with Gasteiger partial charge in [-0.05, 0) is 17.9 Å². The number of nitrogens with zero attached hydrogens (tertiary/aromatic N) is 1. The summed E-state index contributed by atoms with van der Waals surface area (Å²) in [4.78, 5) is 25.6. The minimum absolute atomic E-state index is 0.276. The number of hydrogen-bond donors (Lipinski definition) is 1. The van der Waals surface area contributed by atoms with Crippen LogP contribution in [0.2, 0.25) is 0 Å². The second kappa shape index (κ2) is 7.97. The van der Waals surface area contributed by atoms with Crippen molar-refractivity contribution in [3.05, 3.63) is 35.9 Å². The number of benzene rings is 1. The highest BCUT2D eigenvalue weighted by Crippen LogP contribution is 2.30. The molecule has 120 valence electrons. The summed E-state index contributed by atoms with van der Waals surface area (Å²) in [5.41, 5.74) is 1.01. The Kier molecular flexibility index (Phi) is 5.99. The van der Waals surface area contributed by atoms with E-state index in [1.54, 1.807) is 7.05 Å². The molecule has 4 heteroatoms. The molecule has 1 unspecified atom stereocenters. The van der Waals surface area contributed by atoms with Gasteiger partial charge in [-0.1, -0.05) is 62.4 Å². The third-order valence-electron chi connectivity index (χ3n) is 4.53. The Morgan fingerprint density at radius 2 is 1.82 bits per heavy atom. The van der Waals surface area contributed by atoms with Crippen molar-refractivity contribution in [3.63, 3.8) is 0 Å². The number of carboxylic acids is 1. The second-order valence-corrected chi connectivity index (χ2v) is 6.31. The fraction of sp³-hybridized carbons (Fsp3) is 0.556. The highest BCUT2D eigenvalue weighted by molar-refractivity contribution is 5.96. The van der Waals surface area contributed by atoms with Gasteiger partial charge in [0, 0.05) is 13.6 Å². The van der Waals surface area contributed by atoms with Crippen molar-refractivity contribution >= 4 is 11.9 Å². The van der Waals surface area contributed by atoms with Crippen LogP contribution >= 0.6 is 0 Å². The van der Waals surface area contributed by atoms with Crippen LogP contribution in [0.1, 0.15) is 44.1 Å². The molecule has 0 heterocycles. The number of hydrogen-bond acceptors (Lipinski definition) is 2. The zero-order chi connectivity index (χ0) is 15.9. The van der Waals surface area contributed by atoms with E-state index in [0.29, 0.717) is 18.9 Å². The summed E-state index contributed by atoms with van der Waals surface area (Å²) >= 11 is 0. The standard InChI is InChI=1S/C18H25NO3/c1-19(13-15-10-6-3-7-11-15)17(20)16(18(21)22)12-14-8-4-2-5-9-14/h3,6-7,10-11,14,16H,2,4-5,8-9,12-13H2,1H3,(H,21,22). The molecule has 0 aromatic heterocycles.